The normalized spacial score (nSPS) is 17.8. The van der Waals surface area contributed by atoms with Crippen molar-refractivity contribution in [3.8, 4) is 11.1 Å². The van der Waals surface area contributed by atoms with Crippen LogP contribution in [0.5, 0.6) is 0 Å². The number of carbonyl (C=O) groups excluding carboxylic acids is 1. The van der Waals surface area contributed by atoms with E-state index in [1.54, 1.807) is 6.07 Å². The van der Waals surface area contributed by atoms with Gasteiger partial charge in [-0.3, -0.25) is 0 Å². The van der Waals surface area contributed by atoms with Gasteiger partial charge in [-0.1, -0.05) is 54.6 Å². The molecule has 6 heteroatoms. The van der Waals surface area contributed by atoms with Gasteiger partial charge in [0.25, 0.3) is 0 Å². The van der Waals surface area contributed by atoms with E-state index in [0.717, 1.165) is 27.8 Å². The van der Waals surface area contributed by atoms with E-state index in [4.69, 9.17) is 19.7 Å². The van der Waals surface area contributed by atoms with Crippen LogP contribution in [0.4, 0.5) is 5.69 Å². The Morgan fingerprint density at radius 3 is 2.37 bits per heavy atom. The van der Waals surface area contributed by atoms with Gasteiger partial charge in [-0.25, -0.2) is 10.3 Å². The lowest BCUT2D eigenvalue weighted by Crippen LogP contribution is -2.31. The summed E-state index contributed by atoms with van der Waals surface area (Å²) in [4.78, 5) is 12.5. The molecule has 1 aliphatic rings. The van der Waals surface area contributed by atoms with E-state index in [-0.39, 0.29) is 12.6 Å². The number of hydrogen-bond donors (Lipinski definition) is 1. The number of esters is 1. The SMILES string of the molecule is COC(=O)c1cc(-c2ccc(C3OC(C)O3)cc2)ccc1Cc1ccccc1N=N. The molecule has 1 saturated heterocycles. The zero-order valence-electron chi connectivity index (χ0n) is 16.8. The summed E-state index contributed by atoms with van der Waals surface area (Å²) < 4.78 is 16.1. The van der Waals surface area contributed by atoms with E-state index in [1.165, 1.54) is 7.11 Å². The van der Waals surface area contributed by atoms with E-state index >= 15 is 0 Å². The molecule has 1 N–H and O–H groups in total. The number of ether oxygens (including phenoxy) is 3. The van der Waals surface area contributed by atoms with Crippen LogP contribution in [0.2, 0.25) is 0 Å². The summed E-state index contributed by atoms with van der Waals surface area (Å²) in [5.74, 6) is -0.394. The van der Waals surface area contributed by atoms with Crippen molar-refractivity contribution in [1.29, 1.82) is 5.53 Å². The molecule has 0 aromatic heterocycles. The number of hydrogen-bond acceptors (Lipinski definition) is 6. The van der Waals surface area contributed by atoms with Crippen molar-refractivity contribution < 1.29 is 19.0 Å². The first-order valence-corrected chi connectivity index (χ1v) is 9.67. The second kappa shape index (κ2) is 8.57. The molecule has 0 unspecified atom stereocenters. The molecule has 0 saturated carbocycles. The standard InChI is InChI=1S/C24H22N2O4/c1-15-29-24(30-15)17-9-7-16(8-10-17)18-11-12-19(21(14-18)23(27)28-2)13-20-5-3-4-6-22(20)26-25/h3-12,14-15,24-25H,13H2,1-2H3. The Hall–Kier alpha value is -3.35. The van der Waals surface area contributed by atoms with Crippen LogP contribution in [0.25, 0.3) is 11.1 Å². The monoisotopic (exact) mass is 402 g/mol. The summed E-state index contributed by atoms with van der Waals surface area (Å²) in [5.41, 5.74) is 13.0. The van der Waals surface area contributed by atoms with Gasteiger partial charge in [-0.15, -0.1) is 0 Å². The van der Waals surface area contributed by atoms with Crippen molar-refractivity contribution in [2.75, 3.05) is 7.11 Å². The molecule has 0 atom stereocenters. The zero-order valence-corrected chi connectivity index (χ0v) is 16.8. The fourth-order valence-electron chi connectivity index (χ4n) is 3.53. The van der Waals surface area contributed by atoms with Crippen molar-refractivity contribution >= 4 is 11.7 Å². The topological polar surface area (TPSA) is 81.0 Å². The molecule has 1 fully saturated rings. The van der Waals surface area contributed by atoms with Gasteiger partial charge in [0.1, 0.15) is 0 Å². The fourth-order valence-corrected chi connectivity index (χ4v) is 3.53. The van der Waals surface area contributed by atoms with Crippen LogP contribution in [-0.2, 0) is 20.6 Å². The molecular weight excluding hydrogens is 380 g/mol. The summed E-state index contributed by atoms with van der Waals surface area (Å²) in [6, 6.07) is 21.1. The average molecular weight is 402 g/mol. The molecule has 1 aliphatic heterocycles. The molecule has 0 spiro atoms. The summed E-state index contributed by atoms with van der Waals surface area (Å²) in [5, 5.41) is 3.58. The van der Waals surface area contributed by atoms with Crippen molar-refractivity contribution in [3.05, 3.63) is 89.0 Å². The molecule has 0 aliphatic carbocycles. The summed E-state index contributed by atoms with van der Waals surface area (Å²) in [7, 11) is 1.38. The molecule has 30 heavy (non-hydrogen) atoms. The van der Waals surface area contributed by atoms with Gasteiger partial charge in [-0.2, -0.15) is 5.11 Å². The maximum absolute atomic E-state index is 12.5. The molecule has 152 valence electrons. The predicted molar refractivity (Wildman–Crippen MR) is 112 cm³/mol. The Bertz CT molecular complexity index is 1070. The number of nitrogens with zero attached hydrogens (tertiary/aromatic N) is 1. The Labute approximate surface area is 174 Å². The molecule has 1 heterocycles. The lowest BCUT2D eigenvalue weighted by Gasteiger charge is -2.33. The zero-order chi connectivity index (χ0) is 21.1. The summed E-state index contributed by atoms with van der Waals surface area (Å²) >= 11 is 0. The van der Waals surface area contributed by atoms with E-state index in [2.05, 4.69) is 5.11 Å². The Kier molecular flexibility index (Phi) is 5.70. The fraction of sp³-hybridized carbons (Fsp3) is 0.208. The first kappa shape index (κ1) is 19.9. The number of nitrogens with one attached hydrogen (secondary N) is 1. The number of methoxy groups -OCH3 is 1. The number of rotatable bonds is 6. The lowest BCUT2D eigenvalue weighted by molar-refractivity contribution is -0.382. The van der Waals surface area contributed by atoms with Gasteiger partial charge in [0.05, 0.1) is 18.4 Å². The highest BCUT2D eigenvalue weighted by atomic mass is 16.9. The molecule has 0 amide bonds. The van der Waals surface area contributed by atoms with Crippen LogP contribution in [0.1, 0.15) is 40.3 Å². The third-order valence-corrected chi connectivity index (χ3v) is 5.15. The van der Waals surface area contributed by atoms with Crippen molar-refractivity contribution in [2.45, 2.75) is 25.9 Å². The van der Waals surface area contributed by atoms with Crippen molar-refractivity contribution in [2.24, 2.45) is 5.11 Å². The molecule has 6 nitrogen and oxygen atoms in total. The largest absolute Gasteiger partial charge is 0.465 e. The first-order valence-electron chi connectivity index (χ1n) is 9.67. The number of benzene rings is 3. The summed E-state index contributed by atoms with van der Waals surface area (Å²) in [6.07, 6.45) is -0.00101. The van der Waals surface area contributed by atoms with Gasteiger partial charge in [0, 0.05) is 12.0 Å². The van der Waals surface area contributed by atoms with Crippen LogP contribution in [0.3, 0.4) is 0 Å². The van der Waals surface area contributed by atoms with Crippen molar-refractivity contribution in [1.82, 2.24) is 0 Å². The lowest BCUT2D eigenvalue weighted by atomic mass is 9.94. The maximum atomic E-state index is 12.5. The van der Waals surface area contributed by atoms with Crippen LogP contribution in [-0.4, -0.2) is 19.4 Å². The Morgan fingerprint density at radius 2 is 1.70 bits per heavy atom. The van der Waals surface area contributed by atoms with Gasteiger partial charge < -0.3 is 14.2 Å². The predicted octanol–water partition coefficient (Wildman–Crippen LogP) is 5.78. The Balaban J connectivity index is 1.64. The van der Waals surface area contributed by atoms with Gasteiger partial charge >= 0.3 is 5.97 Å². The van der Waals surface area contributed by atoms with E-state index in [1.807, 2.05) is 67.6 Å². The molecule has 0 bridgehead atoms. The third kappa shape index (κ3) is 4.01. The quantitative estimate of drug-likeness (QED) is 0.418. The van der Waals surface area contributed by atoms with Gasteiger partial charge in [-0.05, 0) is 41.3 Å². The van der Waals surface area contributed by atoms with Crippen LogP contribution in [0, 0.1) is 5.53 Å². The third-order valence-electron chi connectivity index (χ3n) is 5.15. The smallest absolute Gasteiger partial charge is 0.338 e. The van der Waals surface area contributed by atoms with E-state index in [0.29, 0.717) is 17.7 Å². The molecule has 3 aromatic rings. The number of para-hydroxylation sites is 1. The van der Waals surface area contributed by atoms with E-state index in [9.17, 15) is 4.79 Å². The summed E-state index contributed by atoms with van der Waals surface area (Å²) in [6.45, 7) is 1.86. The van der Waals surface area contributed by atoms with Crippen LogP contribution < -0.4 is 0 Å². The second-order valence-corrected chi connectivity index (χ2v) is 7.07. The van der Waals surface area contributed by atoms with Crippen LogP contribution >= 0.6 is 0 Å². The molecular formula is C24H22N2O4. The highest BCUT2D eigenvalue weighted by Crippen LogP contribution is 2.33. The Morgan fingerprint density at radius 1 is 1.00 bits per heavy atom. The molecule has 0 radical (unpaired) electrons. The second-order valence-electron chi connectivity index (χ2n) is 7.07. The number of carbonyl (C=O) groups is 1. The average Bonchev–Trinajstić information content (AvgIpc) is 2.77. The van der Waals surface area contributed by atoms with E-state index < -0.39 is 5.97 Å². The molecule has 4 rings (SSSR count). The minimum atomic E-state index is -0.394. The first-order chi connectivity index (χ1) is 14.6. The molecule has 3 aromatic carbocycles. The highest BCUT2D eigenvalue weighted by molar-refractivity contribution is 5.93. The highest BCUT2D eigenvalue weighted by Gasteiger charge is 2.28. The minimum Gasteiger partial charge on any atom is -0.465 e. The van der Waals surface area contributed by atoms with Crippen LogP contribution in [0.15, 0.2) is 71.8 Å². The minimum absolute atomic E-state index is 0.169. The maximum Gasteiger partial charge on any atom is 0.338 e. The van der Waals surface area contributed by atoms with Gasteiger partial charge in [0.2, 0.25) is 0 Å². The van der Waals surface area contributed by atoms with Gasteiger partial charge in [0.15, 0.2) is 12.6 Å². The van der Waals surface area contributed by atoms with Crippen molar-refractivity contribution in [3.63, 3.8) is 0 Å².